The second kappa shape index (κ2) is 5.74. The van der Waals surface area contributed by atoms with Crippen molar-refractivity contribution in [3.63, 3.8) is 0 Å². The predicted molar refractivity (Wildman–Crippen MR) is 89.5 cm³/mol. The van der Waals surface area contributed by atoms with Gasteiger partial charge in [0.15, 0.2) is 0 Å². The van der Waals surface area contributed by atoms with E-state index >= 15 is 0 Å². The van der Waals surface area contributed by atoms with E-state index in [4.69, 9.17) is 0 Å². The van der Waals surface area contributed by atoms with E-state index in [9.17, 15) is 4.79 Å². The quantitative estimate of drug-likeness (QED) is 0.726. The molecule has 1 amide bonds. The zero-order valence-electron chi connectivity index (χ0n) is 11.6. The number of aromatic amines is 1. The SMILES string of the molecule is Cc1ccc(NC(=O)Cc2c[nH]c3ccccc23)c(Br)c1. The van der Waals surface area contributed by atoms with E-state index in [0.29, 0.717) is 6.42 Å². The topological polar surface area (TPSA) is 44.9 Å². The largest absolute Gasteiger partial charge is 0.361 e. The number of hydrogen-bond acceptors (Lipinski definition) is 1. The summed E-state index contributed by atoms with van der Waals surface area (Å²) in [6.07, 6.45) is 2.25. The number of nitrogens with one attached hydrogen (secondary N) is 2. The van der Waals surface area contributed by atoms with Crippen molar-refractivity contribution in [2.45, 2.75) is 13.3 Å². The molecule has 0 saturated heterocycles. The van der Waals surface area contributed by atoms with E-state index in [1.54, 1.807) is 0 Å². The highest BCUT2D eigenvalue weighted by Crippen LogP contribution is 2.24. The third kappa shape index (κ3) is 3.00. The number of para-hydroxylation sites is 1. The zero-order chi connectivity index (χ0) is 14.8. The molecule has 3 nitrogen and oxygen atoms in total. The minimum Gasteiger partial charge on any atom is -0.361 e. The van der Waals surface area contributed by atoms with Crippen LogP contribution in [-0.4, -0.2) is 10.9 Å². The number of aromatic nitrogens is 1. The van der Waals surface area contributed by atoms with Gasteiger partial charge in [0, 0.05) is 21.6 Å². The van der Waals surface area contributed by atoms with E-state index in [0.717, 1.165) is 32.2 Å². The van der Waals surface area contributed by atoms with Crippen LogP contribution in [0.25, 0.3) is 10.9 Å². The van der Waals surface area contributed by atoms with Gasteiger partial charge >= 0.3 is 0 Å². The maximum atomic E-state index is 12.2. The van der Waals surface area contributed by atoms with Crippen LogP contribution < -0.4 is 5.32 Å². The van der Waals surface area contributed by atoms with E-state index in [-0.39, 0.29) is 5.91 Å². The Bertz CT molecular complexity index is 807. The van der Waals surface area contributed by atoms with Crippen LogP contribution in [0.4, 0.5) is 5.69 Å². The molecule has 0 unspecified atom stereocenters. The lowest BCUT2D eigenvalue weighted by atomic mass is 10.1. The molecule has 0 bridgehead atoms. The molecule has 3 aromatic rings. The smallest absolute Gasteiger partial charge is 0.228 e. The summed E-state index contributed by atoms with van der Waals surface area (Å²) in [5.74, 6) is -0.0238. The molecule has 21 heavy (non-hydrogen) atoms. The Morgan fingerprint density at radius 1 is 1.24 bits per heavy atom. The van der Waals surface area contributed by atoms with Gasteiger partial charge in [-0.25, -0.2) is 0 Å². The van der Waals surface area contributed by atoms with E-state index in [2.05, 4.69) is 26.2 Å². The fourth-order valence-electron chi connectivity index (χ4n) is 2.37. The van der Waals surface area contributed by atoms with Gasteiger partial charge in [0.05, 0.1) is 12.1 Å². The highest BCUT2D eigenvalue weighted by molar-refractivity contribution is 9.10. The third-order valence-corrected chi connectivity index (χ3v) is 4.08. The Morgan fingerprint density at radius 3 is 2.86 bits per heavy atom. The normalized spacial score (nSPS) is 10.8. The van der Waals surface area contributed by atoms with Crippen molar-refractivity contribution in [3.05, 3.63) is 64.3 Å². The van der Waals surface area contributed by atoms with E-state index in [1.807, 2.05) is 55.6 Å². The molecule has 3 rings (SSSR count). The number of amides is 1. The fourth-order valence-corrected chi connectivity index (χ4v) is 2.96. The summed E-state index contributed by atoms with van der Waals surface area (Å²) >= 11 is 3.47. The fraction of sp³-hybridized carbons (Fsp3) is 0.118. The van der Waals surface area contributed by atoms with Crippen LogP contribution in [0.15, 0.2) is 53.1 Å². The molecule has 0 atom stereocenters. The molecular weight excluding hydrogens is 328 g/mol. The van der Waals surface area contributed by atoms with Crippen molar-refractivity contribution in [3.8, 4) is 0 Å². The molecule has 0 saturated carbocycles. The summed E-state index contributed by atoms with van der Waals surface area (Å²) in [7, 11) is 0. The van der Waals surface area contributed by atoms with Gasteiger partial charge in [0.25, 0.3) is 0 Å². The molecule has 0 aliphatic heterocycles. The Morgan fingerprint density at radius 2 is 2.05 bits per heavy atom. The number of H-pyrrole nitrogens is 1. The minimum absolute atomic E-state index is 0.0238. The van der Waals surface area contributed by atoms with Crippen LogP contribution in [0.5, 0.6) is 0 Å². The predicted octanol–water partition coefficient (Wildman–Crippen LogP) is 4.42. The van der Waals surface area contributed by atoms with Crippen molar-refractivity contribution in [2.24, 2.45) is 0 Å². The van der Waals surface area contributed by atoms with Gasteiger partial charge in [-0.15, -0.1) is 0 Å². The number of carbonyl (C=O) groups is 1. The summed E-state index contributed by atoms with van der Waals surface area (Å²) in [5.41, 5.74) is 4.00. The summed E-state index contributed by atoms with van der Waals surface area (Å²) < 4.78 is 0.898. The van der Waals surface area contributed by atoms with Crippen LogP contribution in [0, 0.1) is 6.92 Å². The molecule has 2 aromatic carbocycles. The monoisotopic (exact) mass is 342 g/mol. The number of benzene rings is 2. The molecule has 1 aromatic heterocycles. The lowest BCUT2D eigenvalue weighted by molar-refractivity contribution is -0.115. The second-order valence-electron chi connectivity index (χ2n) is 5.07. The Balaban J connectivity index is 1.77. The number of anilines is 1. The van der Waals surface area contributed by atoms with E-state index < -0.39 is 0 Å². The Hall–Kier alpha value is -2.07. The van der Waals surface area contributed by atoms with Gasteiger partial charge in [-0.1, -0.05) is 24.3 Å². The molecule has 4 heteroatoms. The van der Waals surface area contributed by atoms with Crippen LogP contribution >= 0.6 is 15.9 Å². The highest BCUT2D eigenvalue weighted by Gasteiger charge is 2.10. The molecule has 0 fully saturated rings. The van der Waals surface area contributed by atoms with Gasteiger partial charge in [-0.05, 0) is 52.2 Å². The molecule has 0 spiro atoms. The van der Waals surface area contributed by atoms with Gasteiger partial charge in [-0.3, -0.25) is 4.79 Å². The average Bonchev–Trinajstić information content (AvgIpc) is 2.85. The first-order valence-electron chi connectivity index (χ1n) is 6.74. The van der Waals surface area contributed by atoms with Crippen molar-refractivity contribution in [2.75, 3.05) is 5.32 Å². The lowest BCUT2D eigenvalue weighted by Gasteiger charge is -2.08. The third-order valence-electron chi connectivity index (χ3n) is 3.42. The highest BCUT2D eigenvalue weighted by atomic mass is 79.9. The molecular formula is C17H15BrN2O. The molecule has 0 aliphatic rings. The Kier molecular flexibility index (Phi) is 3.80. The molecule has 0 aliphatic carbocycles. The molecule has 2 N–H and O–H groups in total. The van der Waals surface area contributed by atoms with Crippen molar-refractivity contribution in [1.82, 2.24) is 4.98 Å². The first-order valence-corrected chi connectivity index (χ1v) is 7.54. The van der Waals surface area contributed by atoms with Gasteiger partial charge in [-0.2, -0.15) is 0 Å². The number of carbonyl (C=O) groups excluding carboxylic acids is 1. The molecule has 1 heterocycles. The summed E-state index contributed by atoms with van der Waals surface area (Å²) in [4.78, 5) is 15.4. The zero-order valence-corrected chi connectivity index (χ0v) is 13.2. The number of hydrogen-bond donors (Lipinski definition) is 2. The maximum Gasteiger partial charge on any atom is 0.228 e. The number of halogens is 1. The number of fused-ring (bicyclic) bond motifs is 1. The minimum atomic E-state index is -0.0238. The van der Waals surface area contributed by atoms with Crippen molar-refractivity contribution >= 4 is 38.4 Å². The molecule has 106 valence electrons. The number of aryl methyl sites for hydroxylation is 1. The lowest BCUT2D eigenvalue weighted by Crippen LogP contribution is -2.14. The summed E-state index contributed by atoms with van der Waals surface area (Å²) in [6, 6.07) is 13.9. The van der Waals surface area contributed by atoms with Gasteiger partial charge < -0.3 is 10.3 Å². The van der Waals surface area contributed by atoms with Crippen LogP contribution in [0.1, 0.15) is 11.1 Å². The second-order valence-corrected chi connectivity index (χ2v) is 5.92. The summed E-state index contributed by atoms with van der Waals surface area (Å²) in [5, 5.41) is 4.03. The maximum absolute atomic E-state index is 12.2. The van der Waals surface area contributed by atoms with Crippen LogP contribution in [-0.2, 0) is 11.2 Å². The van der Waals surface area contributed by atoms with E-state index in [1.165, 1.54) is 0 Å². The number of rotatable bonds is 3. The van der Waals surface area contributed by atoms with Gasteiger partial charge in [0.2, 0.25) is 5.91 Å². The van der Waals surface area contributed by atoms with Crippen molar-refractivity contribution in [1.29, 1.82) is 0 Å². The Labute approximate surface area is 131 Å². The first-order chi connectivity index (χ1) is 10.1. The van der Waals surface area contributed by atoms with Crippen molar-refractivity contribution < 1.29 is 4.79 Å². The first kappa shape index (κ1) is 13.9. The molecule has 0 radical (unpaired) electrons. The summed E-state index contributed by atoms with van der Waals surface area (Å²) in [6.45, 7) is 2.02. The van der Waals surface area contributed by atoms with Crippen LogP contribution in [0.3, 0.4) is 0 Å². The van der Waals surface area contributed by atoms with Crippen LogP contribution in [0.2, 0.25) is 0 Å². The van der Waals surface area contributed by atoms with Gasteiger partial charge in [0.1, 0.15) is 0 Å². The standard InChI is InChI=1S/C17H15BrN2O/c1-11-6-7-16(14(18)8-11)20-17(21)9-12-10-19-15-5-3-2-4-13(12)15/h2-8,10,19H,9H2,1H3,(H,20,21). The average molecular weight is 343 g/mol.